The van der Waals surface area contributed by atoms with E-state index < -0.39 is 17.6 Å². The highest BCUT2D eigenvalue weighted by molar-refractivity contribution is 7.98. The molecule has 0 aliphatic carbocycles. The summed E-state index contributed by atoms with van der Waals surface area (Å²) in [7, 11) is 0. The summed E-state index contributed by atoms with van der Waals surface area (Å²) in [5.74, 6) is -0.614. The van der Waals surface area contributed by atoms with Crippen molar-refractivity contribution in [2.45, 2.75) is 11.3 Å². The summed E-state index contributed by atoms with van der Waals surface area (Å²) in [6.45, 7) is 0. The van der Waals surface area contributed by atoms with Crippen LogP contribution in [0.3, 0.4) is 0 Å². The van der Waals surface area contributed by atoms with Gasteiger partial charge in [0.2, 0.25) is 11.1 Å². The fourth-order valence-corrected chi connectivity index (χ4v) is 1.73. The first-order chi connectivity index (χ1) is 9.40. The molecule has 0 bridgehead atoms. The Hall–Kier alpha value is -2.03. The van der Waals surface area contributed by atoms with E-state index in [1.807, 2.05) is 0 Å². The topological polar surface area (TPSA) is 70.7 Å². The molecule has 2 N–H and O–H groups in total. The number of amides is 1. The van der Waals surface area contributed by atoms with Gasteiger partial charge in [0.1, 0.15) is 0 Å². The maximum atomic E-state index is 12.5. The van der Waals surface area contributed by atoms with E-state index in [0.29, 0.717) is 5.16 Å². The molecule has 9 heteroatoms. The average molecular weight is 302 g/mol. The number of aromatic nitrogens is 3. The molecule has 20 heavy (non-hydrogen) atoms. The summed E-state index contributed by atoms with van der Waals surface area (Å²) in [6.07, 6.45) is -2.74. The molecular weight excluding hydrogens is 293 g/mol. The lowest BCUT2D eigenvalue weighted by Gasteiger charge is -2.08. The first kappa shape index (κ1) is 14.4. The molecule has 0 spiro atoms. The zero-order chi connectivity index (χ0) is 14.8. The number of alkyl halides is 3. The summed E-state index contributed by atoms with van der Waals surface area (Å²) in [5, 5.41) is 9.00. The minimum Gasteiger partial charge on any atom is -0.291 e. The van der Waals surface area contributed by atoms with Crippen molar-refractivity contribution in [1.29, 1.82) is 0 Å². The highest BCUT2D eigenvalue weighted by Crippen LogP contribution is 2.29. The van der Waals surface area contributed by atoms with Crippen molar-refractivity contribution in [3.8, 4) is 0 Å². The van der Waals surface area contributed by atoms with Crippen LogP contribution in [-0.4, -0.2) is 27.3 Å². The minimum absolute atomic E-state index is 0.0803. The predicted molar refractivity (Wildman–Crippen MR) is 67.6 cm³/mol. The number of nitrogens with zero attached hydrogens (tertiary/aromatic N) is 2. The number of nitrogens with one attached hydrogen (secondary N) is 2. The first-order valence-electron chi connectivity index (χ1n) is 5.35. The van der Waals surface area contributed by atoms with Gasteiger partial charge in [0.05, 0.1) is 5.56 Å². The lowest BCUT2D eigenvalue weighted by molar-refractivity contribution is -0.137. The number of H-pyrrole nitrogens is 1. The number of thioether (sulfide) groups is 1. The first-order valence-corrected chi connectivity index (χ1v) is 6.57. The third-order valence-corrected chi connectivity index (χ3v) is 2.88. The van der Waals surface area contributed by atoms with Crippen LogP contribution in [0.15, 0.2) is 29.4 Å². The summed E-state index contributed by atoms with van der Waals surface area (Å²) < 4.78 is 37.6. The molecule has 0 atom stereocenters. The van der Waals surface area contributed by atoms with Gasteiger partial charge in [0, 0.05) is 5.56 Å². The van der Waals surface area contributed by atoms with E-state index in [1.165, 1.54) is 23.9 Å². The molecule has 1 aromatic heterocycles. The molecule has 1 aromatic carbocycles. The number of hydrogen-bond donors (Lipinski definition) is 2. The van der Waals surface area contributed by atoms with Crippen LogP contribution in [0.5, 0.6) is 0 Å². The molecule has 0 aliphatic heterocycles. The molecule has 5 nitrogen and oxygen atoms in total. The van der Waals surface area contributed by atoms with Crippen LogP contribution in [-0.2, 0) is 6.18 Å². The number of halogens is 3. The Labute approximate surface area is 116 Å². The Balaban J connectivity index is 2.17. The van der Waals surface area contributed by atoms with Crippen LogP contribution >= 0.6 is 11.8 Å². The van der Waals surface area contributed by atoms with Crippen molar-refractivity contribution in [3.63, 3.8) is 0 Å². The normalized spacial score (nSPS) is 11.4. The SMILES string of the molecule is CSc1n[nH]c(NC(=O)c2cccc(C(F)(F)F)c2)n1. The van der Waals surface area contributed by atoms with Crippen molar-refractivity contribution in [3.05, 3.63) is 35.4 Å². The van der Waals surface area contributed by atoms with Gasteiger partial charge in [-0.05, 0) is 24.5 Å². The van der Waals surface area contributed by atoms with Gasteiger partial charge in [-0.3, -0.25) is 10.1 Å². The maximum absolute atomic E-state index is 12.5. The molecule has 106 valence electrons. The number of anilines is 1. The van der Waals surface area contributed by atoms with Crippen LogP contribution in [0, 0.1) is 0 Å². The lowest BCUT2D eigenvalue weighted by atomic mass is 10.1. The molecule has 0 saturated heterocycles. The molecule has 1 amide bonds. The van der Waals surface area contributed by atoms with Crippen molar-refractivity contribution in [2.75, 3.05) is 11.6 Å². The van der Waals surface area contributed by atoms with Crippen molar-refractivity contribution in [1.82, 2.24) is 15.2 Å². The largest absolute Gasteiger partial charge is 0.416 e. The Morgan fingerprint density at radius 1 is 1.40 bits per heavy atom. The zero-order valence-electron chi connectivity index (χ0n) is 10.2. The molecule has 0 unspecified atom stereocenters. The van der Waals surface area contributed by atoms with Crippen molar-refractivity contribution >= 4 is 23.6 Å². The van der Waals surface area contributed by atoms with Gasteiger partial charge >= 0.3 is 6.18 Å². The van der Waals surface area contributed by atoms with E-state index in [4.69, 9.17) is 0 Å². The summed E-state index contributed by atoms with van der Waals surface area (Å²) in [6, 6.07) is 4.14. The second-order valence-corrected chi connectivity index (χ2v) is 4.48. The monoisotopic (exact) mass is 302 g/mol. The van der Waals surface area contributed by atoms with Crippen LogP contribution in [0.2, 0.25) is 0 Å². The maximum Gasteiger partial charge on any atom is 0.416 e. The van der Waals surface area contributed by atoms with E-state index >= 15 is 0 Å². The fourth-order valence-electron chi connectivity index (χ4n) is 1.41. The zero-order valence-corrected chi connectivity index (χ0v) is 11.0. The molecular formula is C11H9F3N4OS. The third-order valence-electron chi connectivity index (χ3n) is 2.33. The molecule has 2 aromatic rings. The molecule has 0 aliphatic rings. The Morgan fingerprint density at radius 3 is 2.75 bits per heavy atom. The Bertz CT molecular complexity index is 626. The van der Waals surface area contributed by atoms with Gasteiger partial charge in [-0.25, -0.2) is 5.10 Å². The number of benzene rings is 1. The molecule has 2 rings (SSSR count). The van der Waals surface area contributed by atoms with Crippen LogP contribution < -0.4 is 5.32 Å². The van der Waals surface area contributed by atoms with Gasteiger partial charge < -0.3 is 0 Å². The summed E-state index contributed by atoms with van der Waals surface area (Å²) in [5.41, 5.74) is -0.991. The lowest BCUT2D eigenvalue weighted by Crippen LogP contribution is -2.14. The number of hydrogen-bond acceptors (Lipinski definition) is 4. The van der Waals surface area contributed by atoms with Crippen LogP contribution in [0.4, 0.5) is 19.1 Å². The molecule has 0 saturated carbocycles. The standard InChI is InChI=1S/C11H9F3N4OS/c1-20-10-16-9(17-18-10)15-8(19)6-3-2-4-7(5-6)11(12,13)14/h2-5H,1H3,(H2,15,16,17,18,19). The third kappa shape index (κ3) is 3.29. The number of carbonyl (C=O) groups excluding carboxylic acids is 1. The van der Waals surface area contributed by atoms with Crippen molar-refractivity contribution < 1.29 is 18.0 Å². The Kier molecular flexibility index (Phi) is 3.98. The second-order valence-electron chi connectivity index (χ2n) is 3.70. The number of rotatable bonds is 3. The van der Waals surface area contributed by atoms with E-state index in [2.05, 4.69) is 20.5 Å². The Morgan fingerprint density at radius 2 is 2.15 bits per heavy atom. The van der Waals surface area contributed by atoms with E-state index in [0.717, 1.165) is 12.1 Å². The van der Waals surface area contributed by atoms with Gasteiger partial charge in [-0.2, -0.15) is 18.2 Å². The fraction of sp³-hybridized carbons (Fsp3) is 0.182. The van der Waals surface area contributed by atoms with Crippen LogP contribution in [0.1, 0.15) is 15.9 Å². The van der Waals surface area contributed by atoms with Gasteiger partial charge in [-0.1, -0.05) is 17.8 Å². The quantitative estimate of drug-likeness (QED) is 0.855. The van der Waals surface area contributed by atoms with Gasteiger partial charge in [-0.15, -0.1) is 5.10 Å². The smallest absolute Gasteiger partial charge is 0.291 e. The summed E-state index contributed by atoms with van der Waals surface area (Å²) in [4.78, 5) is 15.7. The van der Waals surface area contributed by atoms with Crippen LogP contribution in [0.25, 0.3) is 0 Å². The highest BCUT2D eigenvalue weighted by Gasteiger charge is 2.30. The molecule has 0 radical (unpaired) electrons. The van der Waals surface area contributed by atoms with E-state index in [1.54, 1.807) is 6.26 Å². The van der Waals surface area contributed by atoms with Gasteiger partial charge in [0.25, 0.3) is 5.91 Å². The second kappa shape index (κ2) is 5.53. The molecule has 0 fully saturated rings. The number of aromatic amines is 1. The summed E-state index contributed by atoms with van der Waals surface area (Å²) >= 11 is 1.26. The highest BCUT2D eigenvalue weighted by atomic mass is 32.2. The van der Waals surface area contributed by atoms with E-state index in [-0.39, 0.29) is 11.5 Å². The average Bonchev–Trinajstić information content (AvgIpc) is 2.85. The van der Waals surface area contributed by atoms with E-state index in [9.17, 15) is 18.0 Å². The number of carbonyl (C=O) groups is 1. The predicted octanol–water partition coefficient (Wildman–Crippen LogP) is 2.80. The minimum atomic E-state index is -4.49. The van der Waals surface area contributed by atoms with Gasteiger partial charge in [0.15, 0.2) is 0 Å². The molecule has 1 heterocycles. The van der Waals surface area contributed by atoms with Crippen molar-refractivity contribution in [2.24, 2.45) is 0 Å².